The number of thiazole rings is 1. The van der Waals surface area contributed by atoms with Crippen LogP contribution in [-0.2, 0) is 6.18 Å². The highest BCUT2D eigenvalue weighted by molar-refractivity contribution is 7.09. The van der Waals surface area contributed by atoms with Gasteiger partial charge in [0.2, 0.25) is 0 Å². The first-order chi connectivity index (χ1) is 10.8. The molecule has 23 heavy (non-hydrogen) atoms. The molecule has 1 aromatic carbocycles. The van der Waals surface area contributed by atoms with E-state index in [0.29, 0.717) is 0 Å². The summed E-state index contributed by atoms with van der Waals surface area (Å²) in [6, 6.07) is 4.63. The van der Waals surface area contributed by atoms with Crippen molar-refractivity contribution in [2.75, 3.05) is 0 Å². The Bertz CT molecular complexity index is 726. The third-order valence-corrected chi connectivity index (χ3v) is 4.33. The minimum absolute atomic E-state index is 0.0864. The number of benzene rings is 1. The lowest BCUT2D eigenvalue weighted by atomic mass is 10.1. The van der Waals surface area contributed by atoms with Gasteiger partial charge in [0, 0.05) is 11.4 Å². The third-order valence-electron chi connectivity index (χ3n) is 3.43. The van der Waals surface area contributed by atoms with Gasteiger partial charge in [0.1, 0.15) is 16.8 Å². The predicted octanol–water partition coefficient (Wildman–Crippen LogP) is 3.14. The Kier molecular flexibility index (Phi) is 4.11. The second-order valence-electron chi connectivity index (χ2n) is 5.34. The van der Waals surface area contributed by atoms with Gasteiger partial charge in [-0.3, -0.25) is 4.79 Å². The average molecular weight is 342 g/mol. The molecular weight excluding hydrogens is 329 g/mol. The van der Waals surface area contributed by atoms with E-state index in [0.717, 1.165) is 36.3 Å². The predicted molar refractivity (Wildman–Crippen MR) is 78.1 cm³/mol. The van der Waals surface area contributed by atoms with Crippen LogP contribution < -0.4 is 5.32 Å². The highest BCUT2D eigenvalue weighted by Crippen LogP contribution is 2.32. The summed E-state index contributed by atoms with van der Waals surface area (Å²) in [5, 5.41) is 14.7. The van der Waals surface area contributed by atoms with Gasteiger partial charge >= 0.3 is 6.18 Å². The van der Waals surface area contributed by atoms with E-state index in [1.165, 1.54) is 17.5 Å². The molecule has 0 bridgehead atoms. The molecule has 1 unspecified atom stereocenters. The van der Waals surface area contributed by atoms with Crippen LogP contribution in [0.1, 0.15) is 45.6 Å². The van der Waals surface area contributed by atoms with Crippen molar-refractivity contribution in [3.05, 3.63) is 51.5 Å². The molecule has 2 N–H and O–H groups in total. The third kappa shape index (κ3) is 3.70. The van der Waals surface area contributed by atoms with Gasteiger partial charge < -0.3 is 10.4 Å². The fourth-order valence-electron chi connectivity index (χ4n) is 2.03. The van der Waals surface area contributed by atoms with E-state index in [1.807, 2.05) is 0 Å². The zero-order valence-corrected chi connectivity index (χ0v) is 12.6. The molecule has 4 nitrogen and oxygen atoms in total. The lowest BCUT2D eigenvalue weighted by Crippen LogP contribution is -2.25. The number of aliphatic hydroxyl groups excluding tert-OH is 1. The van der Waals surface area contributed by atoms with Crippen LogP contribution in [0.2, 0.25) is 0 Å². The molecule has 1 aliphatic rings. The Balaban J connectivity index is 1.79. The number of carbonyl (C=O) groups excluding carboxylic acids is 1. The highest BCUT2D eigenvalue weighted by atomic mass is 32.1. The van der Waals surface area contributed by atoms with Crippen molar-refractivity contribution in [3.8, 4) is 0 Å². The number of rotatable bonds is 4. The minimum atomic E-state index is -4.48. The van der Waals surface area contributed by atoms with E-state index in [1.54, 1.807) is 0 Å². The van der Waals surface area contributed by atoms with E-state index in [-0.39, 0.29) is 28.2 Å². The van der Waals surface area contributed by atoms with Crippen LogP contribution in [-0.4, -0.2) is 22.0 Å². The number of hydrogen-bond donors (Lipinski definition) is 2. The first-order valence-electron chi connectivity index (χ1n) is 6.96. The molecule has 8 heteroatoms. The van der Waals surface area contributed by atoms with Gasteiger partial charge in [-0.2, -0.15) is 13.2 Å². The largest absolute Gasteiger partial charge is 0.416 e. The summed E-state index contributed by atoms with van der Waals surface area (Å²) in [6.45, 7) is 0. The molecule has 0 spiro atoms. The van der Waals surface area contributed by atoms with Crippen LogP contribution in [0.5, 0.6) is 0 Å². The molecule has 122 valence electrons. The van der Waals surface area contributed by atoms with Crippen LogP contribution in [0.15, 0.2) is 29.6 Å². The second kappa shape index (κ2) is 5.93. The Morgan fingerprint density at radius 3 is 2.78 bits per heavy atom. The van der Waals surface area contributed by atoms with Crippen molar-refractivity contribution in [2.24, 2.45) is 0 Å². The molecule has 1 amide bonds. The van der Waals surface area contributed by atoms with Crippen molar-refractivity contribution >= 4 is 17.2 Å². The smallest absolute Gasteiger partial charge is 0.381 e. The molecule has 0 saturated heterocycles. The van der Waals surface area contributed by atoms with Crippen LogP contribution in [0.25, 0.3) is 0 Å². The van der Waals surface area contributed by atoms with Crippen molar-refractivity contribution in [2.45, 2.75) is 31.2 Å². The number of nitrogens with zero attached hydrogens (tertiary/aromatic N) is 1. The number of aromatic nitrogens is 1. The molecule has 2 aromatic rings. The van der Waals surface area contributed by atoms with Gasteiger partial charge in [-0.15, -0.1) is 11.3 Å². The number of halogens is 3. The number of alkyl halides is 3. The zero-order chi connectivity index (χ0) is 16.6. The SMILES string of the molecule is O=C(NC1CC1)c1csc(C(O)c2cccc(C(F)(F)F)c2)n1. The summed E-state index contributed by atoms with van der Waals surface area (Å²) < 4.78 is 38.2. The molecule has 3 rings (SSSR count). The summed E-state index contributed by atoms with van der Waals surface area (Å²) in [7, 11) is 0. The van der Waals surface area contributed by atoms with Crippen molar-refractivity contribution in [1.29, 1.82) is 0 Å². The maximum Gasteiger partial charge on any atom is 0.416 e. The van der Waals surface area contributed by atoms with Gasteiger partial charge in [-0.05, 0) is 30.5 Å². The molecule has 1 aliphatic carbocycles. The molecule has 1 saturated carbocycles. The van der Waals surface area contributed by atoms with Gasteiger partial charge in [-0.25, -0.2) is 4.98 Å². The highest BCUT2D eigenvalue weighted by Gasteiger charge is 2.31. The number of amides is 1. The summed E-state index contributed by atoms with van der Waals surface area (Å²) in [5.74, 6) is -0.328. The maximum atomic E-state index is 12.7. The standard InChI is InChI=1S/C15H13F3N2O2S/c16-15(17,18)9-3-1-2-8(6-9)12(21)14-20-11(7-23-14)13(22)19-10-4-5-10/h1-3,6-7,10,12,21H,4-5H2,(H,19,22). The maximum absolute atomic E-state index is 12.7. The number of hydrogen-bond acceptors (Lipinski definition) is 4. The summed E-state index contributed by atoms with van der Waals surface area (Å²) in [4.78, 5) is 15.9. The van der Waals surface area contributed by atoms with Gasteiger partial charge in [0.15, 0.2) is 0 Å². The Labute approximate surface area is 134 Å². The number of carbonyl (C=O) groups is 1. The minimum Gasteiger partial charge on any atom is -0.381 e. The lowest BCUT2D eigenvalue weighted by molar-refractivity contribution is -0.137. The van der Waals surface area contributed by atoms with Crippen LogP contribution in [0.3, 0.4) is 0 Å². The molecule has 0 radical (unpaired) electrons. The second-order valence-corrected chi connectivity index (χ2v) is 6.23. The summed E-state index contributed by atoms with van der Waals surface area (Å²) >= 11 is 1.04. The van der Waals surface area contributed by atoms with E-state index in [9.17, 15) is 23.1 Å². The Morgan fingerprint density at radius 2 is 2.13 bits per heavy atom. The van der Waals surface area contributed by atoms with E-state index in [2.05, 4.69) is 10.3 Å². The normalized spacial score (nSPS) is 16.2. The van der Waals surface area contributed by atoms with Crippen LogP contribution in [0.4, 0.5) is 13.2 Å². The van der Waals surface area contributed by atoms with E-state index >= 15 is 0 Å². The fourth-order valence-corrected chi connectivity index (χ4v) is 2.84. The van der Waals surface area contributed by atoms with Gasteiger partial charge in [0.25, 0.3) is 5.91 Å². The van der Waals surface area contributed by atoms with Crippen molar-refractivity contribution in [3.63, 3.8) is 0 Å². The molecule has 0 aliphatic heterocycles. The average Bonchev–Trinajstić information content (AvgIpc) is 3.18. The van der Waals surface area contributed by atoms with Gasteiger partial charge in [0.05, 0.1) is 5.56 Å². The quantitative estimate of drug-likeness (QED) is 0.897. The number of nitrogens with one attached hydrogen (secondary N) is 1. The Morgan fingerprint density at radius 1 is 1.39 bits per heavy atom. The van der Waals surface area contributed by atoms with Gasteiger partial charge in [-0.1, -0.05) is 12.1 Å². The molecule has 1 heterocycles. The molecule has 1 aromatic heterocycles. The topological polar surface area (TPSA) is 62.2 Å². The first-order valence-corrected chi connectivity index (χ1v) is 7.84. The monoisotopic (exact) mass is 342 g/mol. The van der Waals surface area contributed by atoms with Crippen LogP contribution in [0, 0.1) is 0 Å². The van der Waals surface area contributed by atoms with Crippen molar-refractivity contribution in [1.82, 2.24) is 10.3 Å². The van der Waals surface area contributed by atoms with E-state index in [4.69, 9.17) is 0 Å². The zero-order valence-electron chi connectivity index (χ0n) is 11.8. The van der Waals surface area contributed by atoms with Crippen LogP contribution >= 0.6 is 11.3 Å². The van der Waals surface area contributed by atoms with Crippen molar-refractivity contribution < 1.29 is 23.1 Å². The first kappa shape index (κ1) is 15.9. The van der Waals surface area contributed by atoms with E-state index < -0.39 is 17.8 Å². The molecule has 1 atom stereocenters. The fraction of sp³-hybridized carbons (Fsp3) is 0.333. The molecule has 1 fully saturated rings. The lowest BCUT2D eigenvalue weighted by Gasteiger charge is -2.11. The number of aliphatic hydroxyl groups is 1. The Hall–Kier alpha value is -1.93. The molecular formula is C15H13F3N2O2S. The summed E-state index contributed by atoms with van der Waals surface area (Å²) in [6.07, 6.45) is -3.90. The summed E-state index contributed by atoms with van der Waals surface area (Å²) in [5.41, 5.74) is -0.580.